The predicted octanol–water partition coefficient (Wildman–Crippen LogP) is 5.65. The van der Waals surface area contributed by atoms with Crippen molar-refractivity contribution >= 4 is 22.9 Å². The monoisotopic (exact) mass is 417 g/mol. The van der Waals surface area contributed by atoms with E-state index in [9.17, 15) is 4.79 Å². The average molecular weight is 418 g/mol. The van der Waals surface area contributed by atoms with Gasteiger partial charge in [0.1, 0.15) is 0 Å². The van der Waals surface area contributed by atoms with Gasteiger partial charge in [-0.05, 0) is 52.6 Å². The Kier molecular flexibility index (Phi) is 7.78. The lowest BCUT2D eigenvalue weighted by Gasteiger charge is -2.19. The van der Waals surface area contributed by atoms with Crippen LogP contribution in [0.15, 0.2) is 66.0 Å². The highest BCUT2D eigenvalue weighted by Crippen LogP contribution is 2.28. The summed E-state index contributed by atoms with van der Waals surface area (Å²) in [4.78, 5) is 13.7. The molecule has 1 aromatic heterocycles. The Bertz CT molecular complexity index is 973. The fraction of sp³-hybridized carbons (Fsp3) is 0.280. The van der Waals surface area contributed by atoms with Crippen molar-refractivity contribution in [3.05, 3.63) is 87.6 Å². The van der Waals surface area contributed by atoms with Crippen LogP contribution in [-0.4, -0.2) is 12.5 Å². The minimum Gasteiger partial charge on any atom is -0.325 e. The van der Waals surface area contributed by atoms with E-state index in [-0.39, 0.29) is 18.5 Å². The van der Waals surface area contributed by atoms with Crippen LogP contribution < -0.4 is 10.6 Å². The van der Waals surface area contributed by atoms with E-state index in [0.717, 1.165) is 23.2 Å². The second-order valence-corrected chi connectivity index (χ2v) is 8.36. The van der Waals surface area contributed by atoms with Crippen molar-refractivity contribution in [3.63, 3.8) is 0 Å². The standard InChI is InChI=1S/C25H27N3OS/c1-3-18(2)20-8-10-21(11-9-20)25(23-5-4-16-30-23)27-17-24(29)28-22-12-6-19(7-13-22)14-15-26/h4-13,16,18,25,27H,3,14,17H2,1-2H3,(H,28,29)/t18-,25+/m0/s1. The molecule has 0 fully saturated rings. The molecule has 0 radical (unpaired) electrons. The highest BCUT2D eigenvalue weighted by molar-refractivity contribution is 7.10. The fourth-order valence-corrected chi connectivity index (χ4v) is 4.11. The number of hydrogen-bond donors (Lipinski definition) is 2. The first-order chi connectivity index (χ1) is 14.6. The highest BCUT2D eigenvalue weighted by Gasteiger charge is 2.17. The van der Waals surface area contributed by atoms with Crippen molar-refractivity contribution in [2.75, 3.05) is 11.9 Å². The number of thiophene rings is 1. The van der Waals surface area contributed by atoms with Gasteiger partial charge in [0.05, 0.1) is 25.1 Å². The number of hydrogen-bond acceptors (Lipinski definition) is 4. The number of nitrogens with one attached hydrogen (secondary N) is 2. The molecule has 0 aliphatic carbocycles. The molecule has 1 amide bonds. The van der Waals surface area contributed by atoms with Crippen LogP contribution in [0.1, 0.15) is 53.8 Å². The van der Waals surface area contributed by atoms with Crippen molar-refractivity contribution in [2.45, 2.75) is 38.6 Å². The summed E-state index contributed by atoms with van der Waals surface area (Å²) in [6.07, 6.45) is 1.48. The van der Waals surface area contributed by atoms with E-state index in [4.69, 9.17) is 5.26 Å². The average Bonchev–Trinajstić information content (AvgIpc) is 3.30. The van der Waals surface area contributed by atoms with Crippen LogP contribution in [0.2, 0.25) is 0 Å². The van der Waals surface area contributed by atoms with Crippen molar-refractivity contribution in [2.24, 2.45) is 0 Å². The predicted molar refractivity (Wildman–Crippen MR) is 124 cm³/mol. The van der Waals surface area contributed by atoms with Gasteiger partial charge in [0.2, 0.25) is 5.91 Å². The molecule has 30 heavy (non-hydrogen) atoms. The Balaban J connectivity index is 1.66. The number of nitrogens with zero attached hydrogens (tertiary/aromatic N) is 1. The smallest absolute Gasteiger partial charge is 0.238 e. The molecule has 3 rings (SSSR count). The summed E-state index contributed by atoms with van der Waals surface area (Å²) in [6, 6.07) is 22.3. The molecule has 1 heterocycles. The molecule has 0 saturated carbocycles. The van der Waals surface area contributed by atoms with Gasteiger partial charge in [-0.1, -0.05) is 56.3 Å². The van der Waals surface area contributed by atoms with E-state index >= 15 is 0 Å². The van der Waals surface area contributed by atoms with Crippen LogP contribution in [0.4, 0.5) is 5.69 Å². The van der Waals surface area contributed by atoms with Crippen LogP contribution in [0.25, 0.3) is 0 Å². The largest absolute Gasteiger partial charge is 0.325 e. The highest BCUT2D eigenvalue weighted by atomic mass is 32.1. The molecule has 0 aliphatic heterocycles. The SMILES string of the molecule is CC[C@H](C)c1ccc([C@@H](NCC(=O)Nc2ccc(CC#N)cc2)c2cccs2)cc1. The Morgan fingerprint density at radius 3 is 2.37 bits per heavy atom. The Morgan fingerprint density at radius 2 is 1.77 bits per heavy atom. The third-order valence-electron chi connectivity index (χ3n) is 5.27. The van der Waals surface area contributed by atoms with Crippen molar-refractivity contribution < 1.29 is 4.79 Å². The molecule has 0 bridgehead atoms. The second kappa shape index (κ2) is 10.7. The van der Waals surface area contributed by atoms with Crippen molar-refractivity contribution in [1.29, 1.82) is 5.26 Å². The fourth-order valence-electron chi connectivity index (χ4n) is 3.29. The molecule has 2 aromatic carbocycles. The summed E-state index contributed by atoms with van der Waals surface area (Å²) in [5.41, 5.74) is 4.16. The zero-order valence-corrected chi connectivity index (χ0v) is 18.2. The molecule has 0 saturated heterocycles. The molecular weight excluding hydrogens is 390 g/mol. The van der Waals surface area contributed by atoms with Crippen LogP contribution in [-0.2, 0) is 11.2 Å². The second-order valence-electron chi connectivity index (χ2n) is 7.39. The summed E-state index contributed by atoms with van der Waals surface area (Å²) in [6.45, 7) is 4.64. The maximum Gasteiger partial charge on any atom is 0.238 e. The first-order valence-corrected chi connectivity index (χ1v) is 11.1. The lowest BCUT2D eigenvalue weighted by Crippen LogP contribution is -2.31. The first-order valence-electron chi connectivity index (χ1n) is 10.2. The summed E-state index contributed by atoms with van der Waals surface area (Å²) >= 11 is 1.68. The number of benzene rings is 2. The van der Waals surface area contributed by atoms with Gasteiger partial charge in [0.15, 0.2) is 0 Å². The van der Waals surface area contributed by atoms with Crippen LogP contribution >= 0.6 is 11.3 Å². The molecule has 0 spiro atoms. The van der Waals surface area contributed by atoms with Crippen molar-refractivity contribution in [1.82, 2.24) is 5.32 Å². The van der Waals surface area contributed by atoms with Crippen molar-refractivity contribution in [3.8, 4) is 6.07 Å². The summed E-state index contributed by atoms with van der Waals surface area (Å²) in [7, 11) is 0. The third-order valence-corrected chi connectivity index (χ3v) is 6.20. The molecule has 0 aliphatic rings. The number of carbonyl (C=O) groups excluding carboxylic acids is 1. The summed E-state index contributed by atoms with van der Waals surface area (Å²) in [5, 5.41) is 17.1. The molecule has 5 heteroatoms. The van der Waals surface area contributed by atoms with Gasteiger partial charge in [-0.25, -0.2) is 0 Å². The molecule has 2 N–H and O–H groups in total. The van der Waals surface area contributed by atoms with Gasteiger partial charge in [0.25, 0.3) is 0 Å². The normalized spacial score (nSPS) is 12.7. The lowest BCUT2D eigenvalue weighted by molar-refractivity contribution is -0.115. The summed E-state index contributed by atoms with van der Waals surface area (Å²) < 4.78 is 0. The number of carbonyl (C=O) groups is 1. The first kappa shape index (κ1) is 21.8. The zero-order valence-electron chi connectivity index (χ0n) is 17.4. The third kappa shape index (κ3) is 5.79. The van der Waals surface area contributed by atoms with Gasteiger partial charge < -0.3 is 5.32 Å². The summed E-state index contributed by atoms with van der Waals surface area (Å²) in [5.74, 6) is 0.443. The molecule has 3 aromatic rings. The van der Waals surface area contributed by atoms with Crippen LogP contribution in [0.3, 0.4) is 0 Å². The Hall–Kier alpha value is -2.94. The van der Waals surface area contributed by atoms with Gasteiger partial charge in [-0.3, -0.25) is 10.1 Å². The molecule has 154 valence electrons. The minimum atomic E-state index is -0.0965. The van der Waals surface area contributed by atoms with E-state index in [1.54, 1.807) is 11.3 Å². The topological polar surface area (TPSA) is 64.9 Å². The van der Waals surface area contributed by atoms with E-state index in [1.165, 1.54) is 10.4 Å². The molecular formula is C25H27N3OS. The Labute approximate surface area is 182 Å². The van der Waals surface area contributed by atoms with Crippen LogP contribution in [0.5, 0.6) is 0 Å². The van der Waals surface area contributed by atoms with E-state index in [0.29, 0.717) is 12.3 Å². The number of amides is 1. The Morgan fingerprint density at radius 1 is 1.07 bits per heavy atom. The van der Waals surface area contributed by atoms with Gasteiger partial charge >= 0.3 is 0 Å². The number of rotatable bonds is 9. The van der Waals surface area contributed by atoms with E-state index in [1.807, 2.05) is 30.3 Å². The van der Waals surface area contributed by atoms with E-state index in [2.05, 4.69) is 66.3 Å². The maximum atomic E-state index is 12.5. The molecule has 0 unspecified atom stereocenters. The van der Waals surface area contributed by atoms with Gasteiger partial charge in [-0.2, -0.15) is 5.26 Å². The maximum absolute atomic E-state index is 12.5. The van der Waals surface area contributed by atoms with Crippen LogP contribution in [0, 0.1) is 11.3 Å². The number of anilines is 1. The zero-order chi connectivity index (χ0) is 21.3. The quantitative estimate of drug-likeness (QED) is 0.473. The minimum absolute atomic E-state index is 0.0280. The molecule has 4 nitrogen and oxygen atoms in total. The molecule has 2 atom stereocenters. The number of nitriles is 1. The van der Waals surface area contributed by atoms with E-state index < -0.39 is 0 Å². The van der Waals surface area contributed by atoms with Gasteiger partial charge in [0, 0.05) is 10.6 Å². The lowest BCUT2D eigenvalue weighted by atomic mass is 9.95. The van der Waals surface area contributed by atoms with Gasteiger partial charge in [-0.15, -0.1) is 11.3 Å².